The molecule has 0 aliphatic carbocycles. The number of carbonyl (C=O) groups excluding carboxylic acids is 1. The van der Waals surface area contributed by atoms with Crippen LogP contribution in [0.3, 0.4) is 0 Å². The molecule has 1 heterocycles. The highest BCUT2D eigenvalue weighted by atomic mass is 35.5. The Kier molecular flexibility index (Phi) is 4.12. The van der Waals surface area contributed by atoms with Crippen molar-refractivity contribution >= 4 is 34.1 Å². The molecule has 2 N–H and O–H groups in total. The van der Waals surface area contributed by atoms with Crippen LogP contribution >= 0.6 is 11.6 Å². The number of nitrogens with one attached hydrogen (secondary N) is 2. The molecule has 3 aromatic rings. The number of fused-ring (bicyclic) bond motifs is 1. The minimum atomic E-state index is -0.246. The molecule has 0 fully saturated rings. The highest BCUT2D eigenvalue weighted by Gasteiger charge is 2.12. The van der Waals surface area contributed by atoms with Crippen LogP contribution < -0.4 is 14.8 Å². The number of amides is 1. The van der Waals surface area contributed by atoms with Gasteiger partial charge in [0.25, 0.3) is 5.91 Å². The van der Waals surface area contributed by atoms with Crippen molar-refractivity contribution in [2.24, 2.45) is 0 Å². The van der Waals surface area contributed by atoms with Crippen molar-refractivity contribution in [1.29, 1.82) is 0 Å². The summed E-state index contributed by atoms with van der Waals surface area (Å²) in [5, 5.41) is 4.33. The van der Waals surface area contributed by atoms with Crippen LogP contribution in [0.1, 0.15) is 10.5 Å². The fourth-order valence-electron chi connectivity index (χ4n) is 2.34. The number of halogens is 1. The first kappa shape index (κ1) is 15.2. The highest BCUT2D eigenvalue weighted by Crippen LogP contribution is 2.30. The van der Waals surface area contributed by atoms with Crippen LogP contribution in [0.4, 0.5) is 5.69 Å². The van der Waals surface area contributed by atoms with E-state index in [-0.39, 0.29) is 5.91 Å². The van der Waals surface area contributed by atoms with Gasteiger partial charge in [-0.15, -0.1) is 0 Å². The Hall–Kier alpha value is -2.66. The SMILES string of the molecule is COc1ccc(NC(=O)c2cc3cc(Cl)ccc3[nH]2)cc1OC. The molecule has 3 rings (SSSR count). The Bertz CT molecular complexity index is 873. The first-order valence-corrected chi connectivity index (χ1v) is 7.30. The summed E-state index contributed by atoms with van der Waals surface area (Å²) in [6.07, 6.45) is 0. The van der Waals surface area contributed by atoms with Crippen molar-refractivity contribution in [2.45, 2.75) is 0 Å². The molecule has 1 amide bonds. The van der Waals surface area contributed by atoms with E-state index in [1.54, 1.807) is 50.6 Å². The van der Waals surface area contributed by atoms with E-state index in [4.69, 9.17) is 21.1 Å². The van der Waals surface area contributed by atoms with Crippen molar-refractivity contribution in [2.75, 3.05) is 19.5 Å². The zero-order valence-electron chi connectivity index (χ0n) is 12.6. The van der Waals surface area contributed by atoms with Crippen LogP contribution in [-0.2, 0) is 0 Å². The normalized spacial score (nSPS) is 10.6. The predicted molar refractivity (Wildman–Crippen MR) is 90.8 cm³/mol. The number of aromatic amines is 1. The average Bonchev–Trinajstić information content (AvgIpc) is 2.97. The summed E-state index contributed by atoms with van der Waals surface area (Å²) in [6, 6.07) is 12.4. The first-order chi connectivity index (χ1) is 11.1. The number of ether oxygens (including phenoxy) is 2. The fraction of sp³-hybridized carbons (Fsp3) is 0.118. The van der Waals surface area contributed by atoms with Crippen molar-refractivity contribution in [3.63, 3.8) is 0 Å². The Balaban J connectivity index is 1.85. The number of carbonyl (C=O) groups is 1. The van der Waals surface area contributed by atoms with Gasteiger partial charge in [0.15, 0.2) is 11.5 Å². The van der Waals surface area contributed by atoms with E-state index in [0.717, 1.165) is 10.9 Å². The van der Waals surface area contributed by atoms with Crippen molar-refractivity contribution in [3.05, 3.63) is 53.2 Å². The van der Waals surface area contributed by atoms with Crippen LogP contribution in [0.15, 0.2) is 42.5 Å². The number of hydrogen-bond acceptors (Lipinski definition) is 3. The Morgan fingerprint density at radius 3 is 2.57 bits per heavy atom. The van der Waals surface area contributed by atoms with Crippen LogP contribution in [0.25, 0.3) is 10.9 Å². The molecule has 0 saturated carbocycles. The zero-order chi connectivity index (χ0) is 16.4. The van der Waals surface area contributed by atoms with E-state index in [1.165, 1.54) is 0 Å². The number of methoxy groups -OCH3 is 2. The molecule has 0 unspecified atom stereocenters. The van der Waals surface area contributed by atoms with Crippen molar-refractivity contribution < 1.29 is 14.3 Å². The number of hydrogen-bond donors (Lipinski definition) is 2. The minimum absolute atomic E-state index is 0.246. The largest absolute Gasteiger partial charge is 0.493 e. The van der Waals surface area contributed by atoms with E-state index in [9.17, 15) is 4.79 Å². The van der Waals surface area contributed by atoms with Crippen LogP contribution in [0, 0.1) is 0 Å². The molecule has 0 bridgehead atoms. The van der Waals surface area contributed by atoms with Gasteiger partial charge in [0.05, 0.1) is 14.2 Å². The van der Waals surface area contributed by atoms with Gasteiger partial charge in [-0.25, -0.2) is 0 Å². The lowest BCUT2D eigenvalue weighted by Crippen LogP contribution is -2.12. The van der Waals surface area contributed by atoms with Gasteiger partial charge in [0.2, 0.25) is 0 Å². The molecule has 118 valence electrons. The summed E-state index contributed by atoms with van der Waals surface area (Å²) >= 11 is 5.96. The van der Waals surface area contributed by atoms with Gasteiger partial charge >= 0.3 is 0 Å². The quantitative estimate of drug-likeness (QED) is 0.757. The number of anilines is 1. The highest BCUT2D eigenvalue weighted by molar-refractivity contribution is 6.31. The van der Waals surface area contributed by atoms with E-state index >= 15 is 0 Å². The lowest BCUT2D eigenvalue weighted by atomic mass is 10.2. The summed E-state index contributed by atoms with van der Waals surface area (Å²) in [7, 11) is 3.11. The van der Waals surface area contributed by atoms with Crippen molar-refractivity contribution in [1.82, 2.24) is 4.98 Å². The summed E-state index contributed by atoms with van der Waals surface area (Å²) in [5.74, 6) is 0.907. The molecular formula is C17H15ClN2O3. The number of rotatable bonds is 4. The smallest absolute Gasteiger partial charge is 0.272 e. The molecule has 0 radical (unpaired) electrons. The van der Waals surface area contributed by atoms with Gasteiger partial charge in [0.1, 0.15) is 5.69 Å². The van der Waals surface area contributed by atoms with Crippen LogP contribution in [0.5, 0.6) is 11.5 Å². The third kappa shape index (κ3) is 3.10. The number of benzene rings is 2. The third-order valence-corrected chi connectivity index (χ3v) is 3.70. The van der Waals surface area contributed by atoms with Gasteiger partial charge in [-0.1, -0.05) is 11.6 Å². The monoisotopic (exact) mass is 330 g/mol. The molecule has 23 heavy (non-hydrogen) atoms. The fourth-order valence-corrected chi connectivity index (χ4v) is 2.52. The van der Waals surface area contributed by atoms with E-state index in [0.29, 0.717) is 27.9 Å². The Morgan fingerprint density at radius 2 is 1.83 bits per heavy atom. The summed E-state index contributed by atoms with van der Waals surface area (Å²) in [6.45, 7) is 0. The maximum absolute atomic E-state index is 12.4. The van der Waals surface area contributed by atoms with E-state index < -0.39 is 0 Å². The molecule has 1 aromatic heterocycles. The van der Waals surface area contributed by atoms with Gasteiger partial charge in [0, 0.05) is 27.7 Å². The second kappa shape index (κ2) is 6.22. The Labute approximate surface area is 138 Å². The number of aromatic nitrogens is 1. The molecule has 0 saturated heterocycles. The zero-order valence-corrected chi connectivity index (χ0v) is 13.4. The molecule has 0 spiro atoms. The molecule has 0 aliphatic rings. The maximum atomic E-state index is 12.4. The molecular weight excluding hydrogens is 316 g/mol. The Morgan fingerprint density at radius 1 is 1.04 bits per heavy atom. The molecule has 2 aromatic carbocycles. The molecule has 0 atom stereocenters. The van der Waals surface area contributed by atoms with Crippen molar-refractivity contribution in [3.8, 4) is 11.5 Å². The summed E-state index contributed by atoms with van der Waals surface area (Å²) in [5.41, 5.74) is 1.92. The number of H-pyrrole nitrogens is 1. The van der Waals surface area contributed by atoms with Gasteiger partial charge in [-0.05, 0) is 36.4 Å². The standard InChI is InChI=1S/C17H15ClN2O3/c1-22-15-6-4-12(9-16(15)23-2)19-17(21)14-8-10-7-11(18)3-5-13(10)20-14/h3-9,20H,1-2H3,(H,19,21). The first-order valence-electron chi connectivity index (χ1n) is 6.92. The predicted octanol–water partition coefficient (Wildman–Crippen LogP) is 4.09. The minimum Gasteiger partial charge on any atom is -0.493 e. The third-order valence-electron chi connectivity index (χ3n) is 3.47. The maximum Gasteiger partial charge on any atom is 0.272 e. The second-order valence-electron chi connectivity index (χ2n) is 4.94. The van der Waals surface area contributed by atoms with Gasteiger partial charge in [-0.2, -0.15) is 0 Å². The van der Waals surface area contributed by atoms with Gasteiger partial charge in [-0.3, -0.25) is 4.79 Å². The van der Waals surface area contributed by atoms with E-state index in [1.807, 2.05) is 6.07 Å². The lowest BCUT2D eigenvalue weighted by Gasteiger charge is -2.10. The summed E-state index contributed by atoms with van der Waals surface area (Å²) in [4.78, 5) is 15.4. The lowest BCUT2D eigenvalue weighted by molar-refractivity contribution is 0.102. The summed E-state index contributed by atoms with van der Waals surface area (Å²) < 4.78 is 10.4. The second-order valence-corrected chi connectivity index (χ2v) is 5.37. The molecule has 0 aliphatic heterocycles. The topological polar surface area (TPSA) is 63.3 Å². The average molecular weight is 331 g/mol. The van der Waals surface area contributed by atoms with Crippen LogP contribution in [0.2, 0.25) is 5.02 Å². The molecule has 5 nitrogen and oxygen atoms in total. The van der Waals surface area contributed by atoms with Gasteiger partial charge < -0.3 is 19.8 Å². The van der Waals surface area contributed by atoms with Crippen LogP contribution in [-0.4, -0.2) is 25.1 Å². The van der Waals surface area contributed by atoms with E-state index in [2.05, 4.69) is 10.3 Å². The molecule has 6 heteroatoms.